The van der Waals surface area contributed by atoms with Crippen molar-refractivity contribution in [2.45, 2.75) is 196 Å². The minimum atomic E-state index is -2.70. The van der Waals surface area contributed by atoms with Gasteiger partial charge in [0.05, 0.1) is 0 Å². The zero-order valence-electron chi connectivity index (χ0n) is 37.3. The number of methoxy groups -OCH3 is 2. The average Bonchev–Trinajstić information content (AvgIpc) is 3.21. The molecule has 0 spiro atoms. The summed E-state index contributed by atoms with van der Waals surface area (Å²) in [7, 11) is 2.80. The number of rotatable bonds is 36. The fourth-order valence-electron chi connectivity index (χ4n) is 8.18. The summed E-state index contributed by atoms with van der Waals surface area (Å²) in [6.45, 7) is 12.1. The second-order valence-corrected chi connectivity index (χ2v) is 22.2. The van der Waals surface area contributed by atoms with Gasteiger partial charge in [0.25, 0.3) is 0 Å². The van der Waals surface area contributed by atoms with E-state index < -0.39 is 14.2 Å². The standard InChI is InChI=1S/C48H86BO5P/c1-9-15-21-23-25-27-29-43-39-47(50-7)33-31-45(43)41-52-49(54-55(35-17-11-3,36-18-12-4,37-19-13-5)38-20-14-6)53-42-46-32-34-48(51-8)40-44(46)30-28-26-24-22-16-10-2/h31-34,39-40H,9-30,35-38,41-42H2,1-8H3. The third kappa shape index (κ3) is 18.7. The van der Waals surface area contributed by atoms with E-state index in [2.05, 4.69) is 77.9 Å². The quantitative estimate of drug-likeness (QED) is 0.0391. The van der Waals surface area contributed by atoms with Crippen molar-refractivity contribution in [3.05, 3.63) is 58.7 Å². The van der Waals surface area contributed by atoms with Crippen LogP contribution in [0.2, 0.25) is 0 Å². The van der Waals surface area contributed by atoms with Crippen molar-refractivity contribution >= 4 is 14.2 Å². The van der Waals surface area contributed by atoms with Crippen molar-refractivity contribution in [2.75, 3.05) is 38.9 Å². The molecule has 2 aromatic rings. The molecule has 0 saturated heterocycles. The van der Waals surface area contributed by atoms with Gasteiger partial charge in [-0.15, -0.1) is 0 Å². The molecule has 0 amide bonds. The molecule has 0 saturated carbocycles. The molecular formula is C48H86BO5P. The van der Waals surface area contributed by atoms with Crippen LogP contribution in [-0.4, -0.2) is 46.2 Å². The van der Waals surface area contributed by atoms with E-state index in [1.54, 1.807) is 14.2 Å². The maximum absolute atomic E-state index is 7.76. The summed E-state index contributed by atoms with van der Waals surface area (Å²) in [5, 5.41) is 0. The molecule has 0 fully saturated rings. The van der Waals surface area contributed by atoms with Gasteiger partial charge in [-0.1, -0.05) is 26.7 Å². The van der Waals surface area contributed by atoms with E-state index in [1.165, 1.54) is 175 Å². The Morgan fingerprint density at radius 1 is 0.418 bits per heavy atom. The summed E-state index contributed by atoms with van der Waals surface area (Å²) in [5.74, 6) is 1.82. The topological polar surface area (TPSA) is 46.2 Å². The number of unbranched alkanes of at least 4 members (excludes halogenated alkanes) is 14. The zero-order valence-corrected chi connectivity index (χ0v) is 38.2. The molecule has 316 valence electrons. The third-order valence-electron chi connectivity index (χ3n) is 11.9. The van der Waals surface area contributed by atoms with Gasteiger partial charge < -0.3 is 0 Å². The number of aryl methyl sites for hydroxylation is 2. The van der Waals surface area contributed by atoms with Gasteiger partial charge in [0.2, 0.25) is 0 Å². The van der Waals surface area contributed by atoms with Crippen LogP contribution in [0.4, 0.5) is 0 Å². The zero-order chi connectivity index (χ0) is 40.1. The van der Waals surface area contributed by atoms with Crippen LogP contribution >= 0.6 is 6.83 Å². The predicted octanol–water partition coefficient (Wildman–Crippen LogP) is 14.9. The van der Waals surface area contributed by atoms with Crippen LogP contribution in [0, 0.1) is 0 Å². The summed E-state index contributed by atoms with van der Waals surface area (Å²) in [4.78, 5) is 0. The van der Waals surface area contributed by atoms with Gasteiger partial charge in [-0.3, -0.25) is 0 Å². The van der Waals surface area contributed by atoms with Gasteiger partial charge in [0.15, 0.2) is 0 Å². The first kappa shape index (κ1) is 49.6. The van der Waals surface area contributed by atoms with Crippen LogP contribution in [0.15, 0.2) is 36.4 Å². The molecule has 7 heteroatoms. The Bertz CT molecular complexity index is 1140. The van der Waals surface area contributed by atoms with E-state index in [0.29, 0.717) is 13.2 Å². The minimum absolute atomic E-state index is 0.461. The molecule has 2 rings (SSSR count). The number of hydrogen-bond acceptors (Lipinski definition) is 5. The van der Waals surface area contributed by atoms with Crippen molar-refractivity contribution < 1.29 is 23.2 Å². The van der Waals surface area contributed by atoms with Crippen molar-refractivity contribution in [3.63, 3.8) is 0 Å². The van der Waals surface area contributed by atoms with Crippen LogP contribution < -0.4 is 9.47 Å². The predicted molar refractivity (Wildman–Crippen MR) is 243 cm³/mol. The number of benzene rings is 2. The molecule has 0 radical (unpaired) electrons. The Kier molecular flexibility index (Phi) is 26.7. The van der Waals surface area contributed by atoms with Gasteiger partial charge in [-0.05, 0) is 0 Å². The molecule has 0 atom stereocenters. The van der Waals surface area contributed by atoms with Crippen molar-refractivity contribution in [2.24, 2.45) is 0 Å². The Morgan fingerprint density at radius 3 is 1.11 bits per heavy atom. The number of ether oxygens (including phenoxy) is 2. The van der Waals surface area contributed by atoms with Crippen molar-refractivity contribution in [3.8, 4) is 11.5 Å². The Balaban J connectivity index is 2.51. The summed E-state index contributed by atoms with van der Waals surface area (Å²) in [5.41, 5.74) is 5.06. The van der Waals surface area contributed by atoms with E-state index in [9.17, 15) is 0 Å². The molecule has 0 aromatic heterocycles. The molecule has 5 nitrogen and oxygen atoms in total. The first-order valence-corrected chi connectivity index (χ1v) is 26.0. The normalized spacial score (nSPS) is 12.5. The molecule has 0 aliphatic carbocycles. The van der Waals surface area contributed by atoms with Crippen molar-refractivity contribution in [1.29, 1.82) is 0 Å². The first-order chi connectivity index (χ1) is 26.8. The van der Waals surface area contributed by atoms with E-state index >= 15 is 0 Å². The van der Waals surface area contributed by atoms with E-state index in [0.717, 1.165) is 24.3 Å². The van der Waals surface area contributed by atoms with Gasteiger partial charge in [-0.2, -0.15) is 0 Å². The first-order valence-electron chi connectivity index (χ1n) is 23.1. The second-order valence-electron chi connectivity index (χ2n) is 16.5. The maximum atomic E-state index is 7.76. The molecule has 2 aromatic carbocycles. The molecule has 0 unspecified atom stereocenters. The third-order valence-corrected chi connectivity index (χ3v) is 18.4. The Labute approximate surface area is 341 Å². The fourth-order valence-corrected chi connectivity index (χ4v) is 15.0. The number of hydrogen-bond donors (Lipinski definition) is 0. The molecule has 0 aliphatic rings. The van der Waals surface area contributed by atoms with Gasteiger partial charge >= 0.3 is 316 Å². The van der Waals surface area contributed by atoms with Crippen LogP contribution in [0.25, 0.3) is 0 Å². The van der Waals surface area contributed by atoms with Gasteiger partial charge in [0, 0.05) is 0 Å². The van der Waals surface area contributed by atoms with Gasteiger partial charge in [0.1, 0.15) is 0 Å². The van der Waals surface area contributed by atoms with Crippen LogP contribution in [0.5, 0.6) is 11.5 Å². The molecule has 55 heavy (non-hydrogen) atoms. The summed E-state index contributed by atoms with van der Waals surface area (Å²) >= 11 is 0. The summed E-state index contributed by atoms with van der Waals surface area (Å²) in [6.07, 6.45) is 31.6. The van der Waals surface area contributed by atoms with E-state index in [-0.39, 0.29) is 0 Å². The molecular weight excluding hydrogens is 698 g/mol. The fraction of sp³-hybridized carbons (Fsp3) is 0.750. The van der Waals surface area contributed by atoms with Crippen LogP contribution in [0.1, 0.15) is 192 Å². The molecule has 0 N–H and O–H groups in total. The summed E-state index contributed by atoms with van der Waals surface area (Å²) in [6, 6.07) is 13.0. The monoisotopic (exact) mass is 785 g/mol. The van der Waals surface area contributed by atoms with Crippen LogP contribution in [-0.2, 0) is 39.8 Å². The van der Waals surface area contributed by atoms with E-state index in [4.69, 9.17) is 23.2 Å². The van der Waals surface area contributed by atoms with Crippen LogP contribution in [0.3, 0.4) is 0 Å². The Hall–Kier alpha value is -1.59. The second kappa shape index (κ2) is 29.6. The average molecular weight is 785 g/mol. The van der Waals surface area contributed by atoms with Gasteiger partial charge in [-0.25, -0.2) is 0 Å². The summed E-state index contributed by atoms with van der Waals surface area (Å²) < 4.78 is 33.1. The Morgan fingerprint density at radius 2 is 0.764 bits per heavy atom. The van der Waals surface area contributed by atoms with Crippen molar-refractivity contribution in [1.82, 2.24) is 0 Å². The molecule has 0 heterocycles. The molecule has 0 aliphatic heterocycles. The van der Waals surface area contributed by atoms with E-state index in [1.807, 2.05) is 0 Å². The molecule has 0 bridgehead atoms. The SMILES string of the molecule is CCCCCCCCc1cc(OC)ccc1COB(OCc1ccc(OC)cc1CCCCCCCC)OP(CCCC)(CCCC)(CCCC)CCCC.